The summed E-state index contributed by atoms with van der Waals surface area (Å²) in [6.07, 6.45) is 1.30. The van der Waals surface area contributed by atoms with Crippen LogP contribution in [0.3, 0.4) is 0 Å². The van der Waals surface area contributed by atoms with Crippen molar-refractivity contribution in [3.63, 3.8) is 0 Å². The van der Waals surface area contributed by atoms with Crippen molar-refractivity contribution in [2.24, 2.45) is 0 Å². The summed E-state index contributed by atoms with van der Waals surface area (Å²) in [5.74, 6) is 0.983. The topological polar surface area (TPSA) is 18.5 Å². The van der Waals surface area contributed by atoms with Gasteiger partial charge in [0.05, 0.1) is 0 Å². The van der Waals surface area contributed by atoms with Crippen molar-refractivity contribution < 1.29 is 9.47 Å². The van der Waals surface area contributed by atoms with Crippen LogP contribution in [0.25, 0.3) is 0 Å². The van der Waals surface area contributed by atoms with Crippen LogP contribution < -0.4 is 4.74 Å². The summed E-state index contributed by atoms with van der Waals surface area (Å²) in [6, 6.07) is 8.28. The van der Waals surface area contributed by atoms with Gasteiger partial charge in [-0.2, -0.15) is 0 Å². The van der Waals surface area contributed by atoms with Crippen LogP contribution >= 0.6 is 15.9 Å². The lowest BCUT2D eigenvalue weighted by Crippen LogP contribution is -2.52. The Hall–Kier alpha value is -0.540. The third kappa shape index (κ3) is 2.72. The predicted molar refractivity (Wildman–Crippen MR) is 77.7 cm³/mol. The van der Waals surface area contributed by atoms with E-state index in [1.165, 1.54) is 5.56 Å². The lowest BCUT2D eigenvalue weighted by Gasteiger charge is -2.40. The minimum absolute atomic E-state index is 0.0940. The van der Waals surface area contributed by atoms with Gasteiger partial charge in [0, 0.05) is 18.4 Å². The zero-order chi connectivity index (χ0) is 13.3. The van der Waals surface area contributed by atoms with Crippen molar-refractivity contribution in [1.82, 2.24) is 0 Å². The minimum Gasteiger partial charge on any atom is -0.487 e. The van der Waals surface area contributed by atoms with Gasteiger partial charge >= 0.3 is 0 Å². The van der Waals surface area contributed by atoms with Crippen LogP contribution in [-0.4, -0.2) is 24.1 Å². The zero-order valence-electron chi connectivity index (χ0n) is 11.4. The van der Waals surface area contributed by atoms with Crippen molar-refractivity contribution >= 4 is 15.9 Å². The van der Waals surface area contributed by atoms with Gasteiger partial charge in [-0.25, -0.2) is 0 Å². The standard InChI is InChI=1S/C15H21BrO2/c1-15(2,3)10-7-5-6-8-12(10)18-13-9-11(16)14(13)17-4/h5-8,11,13-14H,9H2,1-4H3. The molecule has 2 nitrogen and oxygen atoms in total. The summed E-state index contributed by atoms with van der Waals surface area (Å²) in [4.78, 5) is 0.411. The number of rotatable bonds is 3. The number of ether oxygens (including phenoxy) is 2. The molecule has 0 N–H and O–H groups in total. The maximum atomic E-state index is 6.13. The molecule has 0 amide bonds. The fraction of sp³-hybridized carbons (Fsp3) is 0.600. The first kappa shape index (κ1) is 13.9. The molecule has 0 spiro atoms. The Morgan fingerprint density at radius 3 is 2.44 bits per heavy atom. The number of alkyl halides is 1. The van der Waals surface area contributed by atoms with Gasteiger partial charge in [0.2, 0.25) is 0 Å². The van der Waals surface area contributed by atoms with Crippen LogP contribution in [0.4, 0.5) is 0 Å². The second kappa shape index (κ2) is 5.22. The van der Waals surface area contributed by atoms with E-state index in [0.717, 1.165) is 12.2 Å². The zero-order valence-corrected chi connectivity index (χ0v) is 13.0. The lowest BCUT2D eigenvalue weighted by atomic mass is 9.86. The average molecular weight is 313 g/mol. The van der Waals surface area contributed by atoms with Crippen LogP contribution in [0.15, 0.2) is 24.3 Å². The molecule has 1 saturated carbocycles. The number of hydrogen-bond donors (Lipinski definition) is 0. The summed E-state index contributed by atoms with van der Waals surface area (Å²) < 4.78 is 11.6. The minimum atomic E-state index is 0.0940. The van der Waals surface area contributed by atoms with Crippen molar-refractivity contribution in [3.05, 3.63) is 29.8 Å². The number of hydrogen-bond acceptors (Lipinski definition) is 2. The first-order valence-corrected chi connectivity index (χ1v) is 7.28. The monoisotopic (exact) mass is 312 g/mol. The quantitative estimate of drug-likeness (QED) is 0.788. The van der Waals surface area contributed by atoms with Gasteiger partial charge in [0.15, 0.2) is 0 Å². The summed E-state index contributed by atoms with van der Waals surface area (Å²) >= 11 is 3.59. The van der Waals surface area contributed by atoms with Gasteiger partial charge in [-0.05, 0) is 17.0 Å². The molecule has 1 aliphatic carbocycles. The van der Waals surface area contributed by atoms with Crippen molar-refractivity contribution in [3.8, 4) is 5.75 Å². The molecule has 100 valence electrons. The molecule has 0 aromatic heterocycles. The van der Waals surface area contributed by atoms with E-state index in [2.05, 4.69) is 54.9 Å². The number of halogens is 1. The summed E-state index contributed by atoms with van der Waals surface area (Å²) in [5.41, 5.74) is 1.34. The third-order valence-corrected chi connectivity index (χ3v) is 4.32. The highest BCUT2D eigenvalue weighted by Crippen LogP contribution is 2.37. The Balaban J connectivity index is 2.15. The largest absolute Gasteiger partial charge is 0.487 e. The van der Waals surface area contributed by atoms with E-state index in [4.69, 9.17) is 9.47 Å². The maximum absolute atomic E-state index is 6.13. The van der Waals surface area contributed by atoms with Gasteiger partial charge in [0.25, 0.3) is 0 Å². The molecule has 3 unspecified atom stereocenters. The third-order valence-electron chi connectivity index (χ3n) is 3.43. The fourth-order valence-corrected chi connectivity index (χ4v) is 3.22. The van der Waals surface area contributed by atoms with Crippen LogP contribution in [0, 0.1) is 0 Å². The smallest absolute Gasteiger partial charge is 0.127 e. The first-order chi connectivity index (χ1) is 8.43. The van der Waals surface area contributed by atoms with Gasteiger partial charge < -0.3 is 9.47 Å². The number of benzene rings is 1. The Kier molecular flexibility index (Phi) is 4.02. The Bertz CT molecular complexity index is 411. The van der Waals surface area contributed by atoms with Crippen LogP contribution in [0.2, 0.25) is 0 Å². The van der Waals surface area contributed by atoms with Crippen LogP contribution in [0.1, 0.15) is 32.8 Å². The summed E-state index contributed by atoms with van der Waals surface area (Å²) in [6.45, 7) is 6.62. The van der Waals surface area contributed by atoms with E-state index in [0.29, 0.717) is 4.83 Å². The highest BCUT2D eigenvalue weighted by atomic mass is 79.9. The SMILES string of the molecule is COC1C(Br)CC1Oc1ccccc1C(C)(C)C. The molecule has 2 rings (SSSR count). The number of methoxy groups -OCH3 is 1. The molecule has 1 aromatic rings. The molecule has 0 aliphatic heterocycles. The molecule has 0 saturated heterocycles. The molecule has 1 aliphatic rings. The van der Waals surface area contributed by atoms with Gasteiger partial charge in [-0.1, -0.05) is 54.9 Å². The fourth-order valence-electron chi connectivity index (χ4n) is 2.29. The van der Waals surface area contributed by atoms with Gasteiger partial charge in [-0.15, -0.1) is 0 Å². The number of para-hydroxylation sites is 1. The Morgan fingerprint density at radius 1 is 1.22 bits per heavy atom. The van der Waals surface area contributed by atoms with Crippen LogP contribution in [0.5, 0.6) is 5.75 Å². The molecule has 0 radical (unpaired) electrons. The lowest BCUT2D eigenvalue weighted by molar-refractivity contribution is -0.0550. The average Bonchev–Trinajstić information content (AvgIpc) is 2.28. The van der Waals surface area contributed by atoms with Gasteiger partial charge in [0.1, 0.15) is 18.0 Å². The first-order valence-electron chi connectivity index (χ1n) is 6.36. The molecule has 1 fully saturated rings. The van der Waals surface area contributed by atoms with Crippen molar-refractivity contribution in [1.29, 1.82) is 0 Å². The second-order valence-corrected chi connectivity index (χ2v) is 7.03. The highest BCUT2D eigenvalue weighted by molar-refractivity contribution is 9.09. The molecule has 3 atom stereocenters. The van der Waals surface area contributed by atoms with E-state index >= 15 is 0 Å². The summed E-state index contributed by atoms with van der Waals surface area (Å²) in [5, 5.41) is 0. The second-order valence-electron chi connectivity index (χ2n) is 5.85. The molecule has 0 bridgehead atoms. The summed E-state index contributed by atoms with van der Waals surface area (Å²) in [7, 11) is 1.74. The predicted octanol–water partition coefficient (Wildman–Crippen LogP) is 3.91. The maximum Gasteiger partial charge on any atom is 0.127 e. The Labute approximate surface area is 118 Å². The molecule has 18 heavy (non-hydrogen) atoms. The molecule has 1 aromatic carbocycles. The van der Waals surface area contributed by atoms with E-state index in [1.807, 2.05) is 6.07 Å². The van der Waals surface area contributed by atoms with E-state index in [1.54, 1.807) is 7.11 Å². The van der Waals surface area contributed by atoms with Crippen molar-refractivity contribution in [2.75, 3.05) is 7.11 Å². The van der Waals surface area contributed by atoms with E-state index in [9.17, 15) is 0 Å². The molecular weight excluding hydrogens is 292 g/mol. The normalized spacial score (nSPS) is 27.7. The molecule has 0 heterocycles. The Morgan fingerprint density at radius 2 is 1.89 bits per heavy atom. The van der Waals surface area contributed by atoms with E-state index < -0.39 is 0 Å². The van der Waals surface area contributed by atoms with Gasteiger partial charge in [-0.3, -0.25) is 0 Å². The van der Waals surface area contributed by atoms with E-state index in [-0.39, 0.29) is 17.6 Å². The molecular formula is C15H21BrO2. The molecule has 3 heteroatoms. The van der Waals surface area contributed by atoms with Crippen LogP contribution in [-0.2, 0) is 10.2 Å². The van der Waals surface area contributed by atoms with Crippen molar-refractivity contribution in [2.45, 2.75) is 49.6 Å². The highest BCUT2D eigenvalue weighted by Gasteiger charge is 2.42.